The molecule has 3 rings (SSSR count). The third kappa shape index (κ3) is 4.20. The maximum Gasteiger partial charge on any atom is 0.281 e. The van der Waals surface area contributed by atoms with Crippen molar-refractivity contribution >= 4 is 50.3 Å². The van der Waals surface area contributed by atoms with Gasteiger partial charge in [-0.25, -0.2) is 13.4 Å². The summed E-state index contributed by atoms with van der Waals surface area (Å²) in [6.07, 6.45) is 1.58. The van der Waals surface area contributed by atoms with Gasteiger partial charge in [0.1, 0.15) is 11.5 Å². The van der Waals surface area contributed by atoms with Gasteiger partial charge in [0.15, 0.2) is 4.32 Å². The standard InChI is InChI=1S/C18H16N2O5S3/c1-24-13-8-9-15(25-2)12(10-13)11-16-17(21)20(18(26)27-16)19-28(22,23)14-6-4-3-5-7-14/h3-11,19H,1-2H3. The molecule has 0 spiro atoms. The van der Waals surface area contributed by atoms with Crippen molar-refractivity contribution in [2.45, 2.75) is 4.90 Å². The van der Waals surface area contributed by atoms with Crippen LogP contribution >= 0.6 is 24.0 Å². The van der Waals surface area contributed by atoms with Crippen LogP contribution in [0, 0.1) is 0 Å². The van der Waals surface area contributed by atoms with Gasteiger partial charge in [-0.05, 0) is 36.4 Å². The third-order valence-electron chi connectivity index (χ3n) is 3.78. The van der Waals surface area contributed by atoms with Gasteiger partial charge >= 0.3 is 0 Å². The van der Waals surface area contributed by atoms with E-state index < -0.39 is 15.9 Å². The largest absolute Gasteiger partial charge is 0.497 e. The molecule has 1 aliphatic heterocycles. The van der Waals surface area contributed by atoms with Crippen LogP contribution in [0.3, 0.4) is 0 Å². The fourth-order valence-electron chi connectivity index (χ4n) is 2.41. The molecule has 2 aromatic rings. The second-order valence-electron chi connectivity index (χ2n) is 5.53. The summed E-state index contributed by atoms with van der Waals surface area (Å²) >= 11 is 6.17. The van der Waals surface area contributed by atoms with Crippen LogP contribution in [0.2, 0.25) is 0 Å². The molecule has 0 unspecified atom stereocenters. The molecule has 0 radical (unpaired) electrons. The molecule has 28 heavy (non-hydrogen) atoms. The van der Waals surface area contributed by atoms with E-state index in [9.17, 15) is 13.2 Å². The van der Waals surface area contributed by atoms with Gasteiger partial charge in [0, 0.05) is 5.56 Å². The predicted molar refractivity (Wildman–Crippen MR) is 111 cm³/mol. The number of carbonyl (C=O) groups is 1. The van der Waals surface area contributed by atoms with Crippen LogP contribution in [-0.2, 0) is 14.8 Å². The molecule has 0 bridgehead atoms. The molecular weight excluding hydrogens is 420 g/mol. The van der Waals surface area contributed by atoms with E-state index in [1.165, 1.54) is 26.4 Å². The maximum absolute atomic E-state index is 12.7. The lowest BCUT2D eigenvalue weighted by atomic mass is 10.1. The van der Waals surface area contributed by atoms with Gasteiger partial charge in [0.25, 0.3) is 15.9 Å². The lowest BCUT2D eigenvalue weighted by molar-refractivity contribution is -0.123. The van der Waals surface area contributed by atoms with E-state index in [-0.39, 0.29) is 14.1 Å². The monoisotopic (exact) mass is 436 g/mol. The molecule has 10 heteroatoms. The summed E-state index contributed by atoms with van der Waals surface area (Å²) in [6.45, 7) is 0. The Kier molecular flexibility index (Phi) is 6.04. The summed E-state index contributed by atoms with van der Waals surface area (Å²) in [5.41, 5.74) is 0.605. The van der Waals surface area contributed by atoms with Crippen LogP contribution in [0.4, 0.5) is 0 Å². The molecule has 0 saturated carbocycles. The minimum absolute atomic E-state index is 0.0301. The Balaban J connectivity index is 1.89. The smallest absolute Gasteiger partial charge is 0.281 e. The first-order valence-electron chi connectivity index (χ1n) is 7.93. The predicted octanol–water partition coefficient (Wildman–Crippen LogP) is 2.80. The van der Waals surface area contributed by atoms with E-state index in [0.29, 0.717) is 17.1 Å². The van der Waals surface area contributed by atoms with E-state index in [1.807, 2.05) is 0 Å². The minimum Gasteiger partial charge on any atom is -0.497 e. The van der Waals surface area contributed by atoms with Crippen molar-refractivity contribution in [1.29, 1.82) is 0 Å². The number of hydrogen-bond donors (Lipinski definition) is 1. The number of amides is 1. The first-order chi connectivity index (χ1) is 13.4. The molecular formula is C18H16N2O5S3. The number of thioether (sulfide) groups is 1. The Morgan fingerprint density at radius 3 is 2.46 bits per heavy atom. The molecule has 1 saturated heterocycles. The lowest BCUT2D eigenvalue weighted by Gasteiger charge is -2.15. The lowest BCUT2D eigenvalue weighted by Crippen LogP contribution is -2.44. The van der Waals surface area contributed by atoms with Gasteiger partial charge < -0.3 is 9.47 Å². The second kappa shape index (κ2) is 8.31. The van der Waals surface area contributed by atoms with E-state index in [4.69, 9.17) is 21.7 Å². The Hall–Kier alpha value is -2.40. The first kappa shape index (κ1) is 20.3. The number of benzene rings is 2. The van der Waals surface area contributed by atoms with Gasteiger partial charge in [-0.1, -0.05) is 42.2 Å². The Morgan fingerprint density at radius 1 is 1.11 bits per heavy atom. The van der Waals surface area contributed by atoms with Crippen molar-refractivity contribution in [1.82, 2.24) is 9.84 Å². The van der Waals surface area contributed by atoms with Crippen molar-refractivity contribution in [2.24, 2.45) is 0 Å². The van der Waals surface area contributed by atoms with Gasteiger partial charge in [0.05, 0.1) is 24.0 Å². The van der Waals surface area contributed by atoms with Crippen molar-refractivity contribution < 1.29 is 22.7 Å². The average Bonchev–Trinajstić information content (AvgIpc) is 2.95. The number of sulfonamides is 1. The van der Waals surface area contributed by atoms with Crippen LogP contribution in [0.15, 0.2) is 58.3 Å². The Labute approximate surface area is 172 Å². The highest BCUT2D eigenvalue weighted by Gasteiger charge is 2.35. The quantitative estimate of drug-likeness (QED) is 0.551. The van der Waals surface area contributed by atoms with Gasteiger partial charge in [0.2, 0.25) is 0 Å². The van der Waals surface area contributed by atoms with Crippen molar-refractivity contribution in [3.63, 3.8) is 0 Å². The Bertz CT molecular complexity index is 1050. The van der Waals surface area contributed by atoms with Crippen molar-refractivity contribution in [2.75, 3.05) is 14.2 Å². The SMILES string of the molecule is COc1ccc(OC)c(C=C2SC(=S)N(NS(=O)(=O)c3ccccc3)C2=O)c1. The van der Waals surface area contributed by atoms with Gasteiger partial charge in [-0.2, -0.15) is 0 Å². The van der Waals surface area contributed by atoms with E-state index in [1.54, 1.807) is 42.5 Å². The molecule has 1 amide bonds. The number of thiocarbonyl (C=S) groups is 1. The number of methoxy groups -OCH3 is 2. The summed E-state index contributed by atoms with van der Waals surface area (Å²) in [6, 6.07) is 12.9. The Morgan fingerprint density at radius 2 is 1.82 bits per heavy atom. The number of nitrogens with zero attached hydrogens (tertiary/aromatic N) is 1. The number of nitrogens with one attached hydrogen (secondary N) is 1. The van der Waals surface area contributed by atoms with Crippen LogP contribution in [0.1, 0.15) is 5.56 Å². The summed E-state index contributed by atoms with van der Waals surface area (Å²) in [4.78, 5) is 15.3. The summed E-state index contributed by atoms with van der Waals surface area (Å²) in [5.74, 6) is 0.558. The molecule has 1 aliphatic rings. The van der Waals surface area contributed by atoms with E-state index >= 15 is 0 Å². The van der Waals surface area contributed by atoms with Gasteiger partial charge in [-0.15, -0.1) is 4.83 Å². The molecule has 146 valence electrons. The molecule has 1 heterocycles. The summed E-state index contributed by atoms with van der Waals surface area (Å²) < 4.78 is 35.6. The minimum atomic E-state index is -3.95. The molecule has 0 aliphatic carbocycles. The van der Waals surface area contributed by atoms with Crippen LogP contribution in [-0.4, -0.2) is 37.9 Å². The van der Waals surface area contributed by atoms with Gasteiger partial charge in [-0.3, -0.25) is 4.79 Å². The first-order valence-corrected chi connectivity index (χ1v) is 10.6. The molecule has 0 atom stereocenters. The van der Waals surface area contributed by atoms with E-state index in [0.717, 1.165) is 16.8 Å². The summed E-state index contributed by atoms with van der Waals surface area (Å²) in [5, 5.41) is 0.848. The highest BCUT2D eigenvalue weighted by Crippen LogP contribution is 2.34. The zero-order valence-electron chi connectivity index (χ0n) is 14.9. The molecule has 2 aromatic carbocycles. The van der Waals surface area contributed by atoms with Crippen molar-refractivity contribution in [3.05, 3.63) is 59.0 Å². The molecule has 1 N–H and O–H groups in total. The fraction of sp³-hybridized carbons (Fsp3) is 0.111. The fourth-order valence-corrected chi connectivity index (χ4v) is 4.73. The van der Waals surface area contributed by atoms with Crippen LogP contribution < -0.4 is 14.3 Å². The second-order valence-corrected chi connectivity index (χ2v) is 8.87. The highest BCUT2D eigenvalue weighted by atomic mass is 32.2. The zero-order chi connectivity index (χ0) is 20.3. The number of carbonyl (C=O) groups excluding carboxylic acids is 1. The number of hydrazine groups is 1. The number of hydrogen-bond acceptors (Lipinski definition) is 7. The number of ether oxygens (including phenoxy) is 2. The maximum atomic E-state index is 12.7. The molecule has 7 nitrogen and oxygen atoms in total. The topological polar surface area (TPSA) is 84.9 Å². The third-order valence-corrected chi connectivity index (χ3v) is 6.40. The van der Waals surface area contributed by atoms with Crippen molar-refractivity contribution in [3.8, 4) is 11.5 Å². The average molecular weight is 437 g/mol. The number of rotatable bonds is 6. The molecule has 1 fully saturated rings. The highest BCUT2D eigenvalue weighted by molar-refractivity contribution is 8.26. The van der Waals surface area contributed by atoms with E-state index in [2.05, 4.69) is 4.83 Å². The van der Waals surface area contributed by atoms with Crippen LogP contribution in [0.25, 0.3) is 6.08 Å². The molecule has 0 aromatic heterocycles. The van der Waals surface area contributed by atoms with Crippen LogP contribution in [0.5, 0.6) is 11.5 Å². The zero-order valence-corrected chi connectivity index (χ0v) is 17.4. The normalized spacial score (nSPS) is 15.9. The summed E-state index contributed by atoms with van der Waals surface area (Å²) in [7, 11) is -0.904.